The maximum atomic E-state index is 12.5. The molecule has 0 unspecified atom stereocenters. The predicted molar refractivity (Wildman–Crippen MR) is 128 cm³/mol. The monoisotopic (exact) mass is 469 g/mol. The van der Waals surface area contributed by atoms with Crippen molar-refractivity contribution in [1.29, 1.82) is 0 Å². The summed E-state index contributed by atoms with van der Waals surface area (Å²) < 4.78 is 2.10. The van der Waals surface area contributed by atoms with Crippen LogP contribution in [-0.2, 0) is 5.75 Å². The van der Waals surface area contributed by atoms with Gasteiger partial charge in [0, 0.05) is 18.5 Å². The number of amides is 1. The van der Waals surface area contributed by atoms with Gasteiger partial charge < -0.3 is 4.90 Å². The van der Waals surface area contributed by atoms with Gasteiger partial charge in [0.2, 0.25) is 0 Å². The van der Waals surface area contributed by atoms with E-state index in [9.17, 15) is 4.79 Å². The van der Waals surface area contributed by atoms with Crippen LogP contribution in [0, 0.1) is 6.92 Å². The zero-order chi connectivity index (χ0) is 21.8. The molecule has 3 aromatic heterocycles. The number of thiazole rings is 1. The Morgan fingerprint density at radius 2 is 1.97 bits per heavy atom. The minimum Gasteiger partial charge on any atom is -0.338 e. The molecule has 1 amide bonds. The summed E-state index contributed by atoms with van der Waals surface area (Å²) in [5.74, 6) is 1.45. The minimum absolute atomic E-state index is 0.0135. The molecule has 0 saturated carbocycles. The van der Waals surface area contributed by atoms with E-state index in [0.717, 1.165) is 26.6 Å². The summed E-state index contributed by atoms with van der Waals surface area (Å²) in [6.07, 6.45) is 0. The SMILES string of the molecule is CCN(CC)C(=O)c1csc(CSc2nnc(-c3cccs3)n2-c2cccc(C)c2)n1. The molecule has 0 N–H and O–H groups in total. The molecule has 0 radical (unpaired) electrons. The second-order valence-electron chi connectivity index (χ2n) is 6.85. The molecule has 0 aliphatic heterocycles. The predicted octanol–water partition coefficient (Wildman–Crippen LogP) is 5.54. The standard InChI is InChI=1S/C22H23N5OS3/c1-4-26(5-2)21(28)17-13-30-19(23-17)14-31-22-25-24-20(18-10-7-11-29-18)27(22)16-9-6-8-15(3)12-16/h6-13H,4-5,14H2,1-3H3. The van der Waals surface area contributed by atoms with Crippen LogP contribution in [0.15, 0.2) is 52.3 Å². The minimum atomic E-state index is -0.0135. The fourth-order valence-corrected chi connectivity index (χ4v) is 5.64. The van der Waals surface area contributed by atoms with Crippen LogP contribution >= 0.6 is 34.4 Å². The van der Waals surface area contributed by atoms with Crippen molar-refractivity contribution in [3.8, 4) is 16.4 Å². The smallest absolute Gasteiger partial charge is 0.273 e. The van der Waals surface area contributed by atoms with Gasteiger partial charge in [0.15, 0.2) is 11.0 Å². The number of aromatic nitrogens is 4. The molecule has 9 heteroatoms. The van der Waals surface area contributed by atoms with Gasteiger partial charge in [0.1, 0.15) is 10.7 Å². The molecule has 0 aliphatic carbocycles. The fourth-order valence-electron chi connectivity index (χ4n) is 3.20. The molecule has 4 rings (SSSR count). The summed E-state index contributed by atoms with van der Waals surface area (Å²) in [6.45, 7) is 7.40. The molecule has 31 heavy (non-hydrogen) atoms. The molecular formula is C22H23N5OS3. The number of hydrogen-bond donors (Lipinski definition) is 0. The Kier molecular flexibility index (Phi) is 6.84. The Morgan fingerprint density at radius 3 is 2.68 bits per heavy atom. The summed E-state index contributed by atoms with van der Waals surface area (Å²) in [4.78, 5) is 20.0. The third-order valence-corrected chi connectivity index (χ3v) is 7.62. The Bertz CT molecular complexity index is 1160. The zero-order valence-corrected chi connectivity index (χ0v) is 20.1. The van der Waals surface area contributed by atoms with Crippen LogP contribution in [0.3, 0.4) is 0 Å². The first-order valence-electron chi connectivity index (χ1n) is 10.0. The molecular weight excluding hydrogens is 446 g/mol. The molecule has 0 bridgehead atoms. The van der Waals surface area contributed by atoms with Crippen molar-refractivity contribution in [3.63, 3.8) is 0 Å². The highest BCUT2D eigenvalue weighted by Gasteiger charge is 2.19. The van der Waals surface area contributed by atoms with Gasteiger partial charge in [-0.2, -0.15) is 0 Å². The molecule has 0 aliphatic rings. The maximum absolute atomic E-state index is 12.5. The Morgan fingerprint density at radius 1 is 1.13 bits per heavy atom. The molecule has 6 nitrogen and oxygen atoms in total. The van der Waals surface area contributed by atoms with E-state index in [2.05, 4.69) is 50.9 Å². The lowest BCUT2D eigenvalue weighted by Crippen LogP contribution is -2.30. The second kappa shape index (κ2) is 9.76. The largest absolute Gasteiger partial charge is 0.338 e. The average Bonchev–Trinajstić information content (AvgIpc) is 3.53. The number of aryl methyl sites for hydroxylation is 1. The van der Waals surface area contributed by atoms with Crippen LogP contribution in [0.1, 0.15) is 34.9 Å². The Labute approximate surface area is 194 Å². The molecule has 1 aromatic carbocycles. The second-order valence-corrected chi connectivity index (χ2v) is 9.68. The number of carbonyl (C=O) groups is 1. The summed E-state index contributed by atoms with van der Waals surface area (Å²) in [5, 5.41) is 14.6. The van der Waals surface area contributed by atoms with Crippen LogP contribution in [0.5, 0.6) is 0 Å². The lowest BCUT2D eigenvalue weighted by molar-refractivity contribution is 0.0768. The first-order valence-corrected chi connectivity index (χ1v) is 12.8. The van der Waals surface area contributed by atoms with Gasteiger partial charge >= 0.3 is 0 Å². The van der Waals surface area contributed by atoms with Gasteiger partial charge in [-0.1, -0.05) is 30.0 Å². The van der Waals surface area contributed by atoms with Crippen molar-refractivity contribution >= 4 is 40.3 Å². The highest BCUT2D eigenvalue weighted by atomic mass is 32.2. The number of thioether (sulfide) groups is 1. The number of thiophene rings is 1. The van der Waals surface area contributed by atoms with Gasteiger partial charge in [-0.3, -0.25) is 9.36 Å². The van der Waals surface area contributed by atoms with Gasteiger partial charge in [0.05, 0.1) is 16.3 Å². The third kappa shape index (κ3) is 4.73. The van der Waals surface area contributed by atoms with Crippen molar-refractivity contribution in [2.24, 2.45) is 0 Å². The molecule has 0 fully saturated rings. The van der Waals surface area contributed by atoms with E-state index in [0.29, 0.717) is 24.5 Å². The molecule has 0 atom stereocenters. The number of carbonyl (C=O) groups excluding carboxylic acids is 1. The van der Waals surface area contributed by atoms with Gasteiger partial charge in [0.25, 0.3) is 5.91 Å². The van der Waals surface area contributed by atoms with Gasteiger partial charge in [-0.25, -0.2) is 4.98 Å². The van der Waals surface area contributed by atoms with Crippen molar-refractivity contribution < 1.29 is 4.79 Å². The quantitative estimate of drug-likeness (QED) is 0.317. The Balaban J connectivity index is 1.59. The topological polar surface area (TPSA) is 63.9 Å². The number of benzene rings is 1. The molecule has 0 saturated heterocycles. The lowest BCUT2D eigenvalue weighted by atomic mass is 10.2. The van der Waals surface area contributed by atoms with E-state index >= 15 is 0 Å². The number of hydrogen-bond acceptors (Lipinski definition) is 7. The lowest BCUT2D eigenvalue weighted by Gasteiger charge is -2.16. The van der Waals surface area contributed by atoms with Gasteiger partial charge in [-0.05, 0) is 49.9 Å². The number of rotatable bonds is 8. The third-order valence-electron chi connectivity index (χ3n) is 4.78. The number of nitrogens with zero attached hydrogens (tertiary/aromatic N) is 5. The van der Waals surface area contributed by atoms with E-state index < -0.39 is 0 Å². The van der Waals surface area contributed by atoms with Crippen LogP contribution in [0.25, 0.3) is 16.4 Å². The first kappa shape index (κ1) is 21.7. The van der Waals surface area contributed by atoms with Crippen molar-refractivity contribution in [3.05, 3.63) is 63.4 Å². The summed E-state index contributed by atoms with van der Waals surface area (Å²) in [6, 6.07) is 12.4. The highest BCUT2D eigenvalue weighted by molar-refractivity contribution is 7.98. The molecule has 0 spiro atoms. The molecule has 3 heterocycles. The van der Waals surface area contributed by atoms with E-state index in [1.807, 2.05) is 36.7 Å². The van der Waals surface area contributed by atoms with E-state index in [1.54, 1.807) is 28.0 Å². The fraction of sp³-hybridized carbons (Fsp3) is 0.273. The first-order chi connectivity index (χ1) is 15.1. The van der Waals surface area contributed by atoms with E-state index in [4.69, 9.17) is 0 Å². The summed E-state index contributed by atoms with van der Waals surface area (Å²) in [5.41, 5.74) is 2.73. The molecule has 160 valence electrons. The Hall–Kier alpha value is -2.49. The van der Waals surface area contributed by atoms with Crippen molar-refractivity contribution in [2.45, 2.75) is 31.7 Å². The van der Waals surface area contributed by atoms with E-state index in [1.165, 1.54) is 16.9 Å². The van der Waals surface area contributed by atoms with E-state index in [-0.39, 0.29) is 5.91 Å². The van der Waals surface area contributed by atoms with Crippen LogP contribution in [0.2, 0.25) is 0 Å². The average molecular weight is 470 g/mol. The summed E-state index contributed by atoms with van der Waals surface area (Å²) >= 11 is 4.74. The summed E-state index contributed by atoms with van der Waals surface area (Å²) in [7, 11) is 0. The van der Waals surface area contributed by atoms with Gasteiger partial charge in [-0.15, -0.1) is 32.9 Å². The van der Waals surface area contributed by atoms with Crippen LogP contribution in [0.4, 0.5) is 0 Å². The zero-order valence-electron chi connectivity index (χ0n) is 17.6. The van der Waals surface area contributed by atoms with Crippen LogP contribution < -0.4 is 0 Å². The molecule has 4 aromatic rings. The maximum Gasteiger partial charge on any atom is 0.273 e. The van der Waals surface area contributed by atoms with Crippen molar-refractivity contribution in [2.75, 3.05) is 13.1 Å². The normalized spacial score (nSPS) is 11.1. The highest BCUT2D eigenvalue weighted by Crippen LogP contribution is 2.32. The van der Waals surface area contributed by atoms with Crippen LogP contribution in [-0.4, -0.2) is 43.6 Å². The van der Waals surface area contributed by atoms with Crippen molar-refractivity contribution in [1.82, 2.24) is 24.6 Å².